The molecule has 0 spiro atoms. The van der Waals surface area contributed by atoms with E-state index in [1.807, 2.05) is 36.4 Å². The van der Waals surface area contributed by atoms with Crippen LogP contribution in [0.2, 0.25) is 0 Å². The first-order chi connectivity index (χ1) is 48.4. The summed E-state index contributed by atoms with van der Waals surface area (Å²) < 4.78 is 33.8. The van der Waals surface area contributed by atoms with Crippen LogP contribution in [0.5, 0.6) is 0 Å². The zero-order valence-corrected chi connectivity index (χ0v) is 66.8. The van der Waals surface area contributed by atoms with Crippen molar-refractivity contribution in [3.05, 3.63) is 246 Å². The van der Waals surface area contributed by atoms with Gasteiger partial charge in [0.05, 0.1) is 79.3 Å². The van der Waals surface area contributed by atoms with Gasteiger partial charge < -0.3 is 44.8 Å². The Morgan fingerprint density at radius 3 is 0.854 bits per heavy atom. The molecule has 0 radical (unpaired) electrons. The third kappa shape index (κ3) is 33.7. The first-order valence-electron chi connectivity index (χ1n) is 37.3. The van der Waals surface area contributed by atoms with Crippen molar-refractivity contribution in [3.63, 3.8) is 0 Å². The topological polar surface area (TPSA) is 157 Å². The number of carbonyl (C=O) groups excluding carboxylic acids is 3. The number of rotatable bonds is 13. The minimum atomic E-state index is -0.195. The third-order valence-electron chi connectivity index (χ3n) is 18.0. The number of benzene rings is 7. The molecule has 562 valence electrons. The summed E-state index contributed by atoms with van der Waals surface area (Å²) in [7, 11) is 1.60. The second-order valence-electron chi connectivity index (χ2n) is 33.7. The van der Waals surface area contributed by atoms with Gasteiger partial charge in [-0.15, -0.1) is 0 Å². The summed E-state index contributed by atoms with van der Waals surface area (Å²) >= 11 is 0. The zero-order chi connectivity index (χ0) is 76.0. The van der Waals surface area contributed by atoms with E-state index in [9.17, 15) is 14.4 Å². The normalized spacial score (nSPS) is 14.2. The van der Waals surface area contributed by atoms with Crippen molar-refractivity contribution in [1.29, 1.82) is 0 Å². The Bertz CT molecular complexity index is 3450. The SMILES string of the molecule is CC(C)(C)c1cc(CC(=O)CCc2ccc(CN)cc2)cc(C(C)(C)C)c1.CNC(=O)NCc1ccc(CCC(=O)Cc2cc(C(C)(C)C)cc(C(C)(C)C)c2)cc1.Cc1cc(C(C)(C)C)cc(C(C)(C)C)c1.c1cc2ccc1COCCOCCOCc1ccc(cc1)COCCOCCOC2. The first kappa shape index (κ1) is 86.5. The van der Waals surface area contributed by atoms with Gasteiger partial charge in [0.2, 0.25) is 0 Å². The number of carbonyl (C=O) groups is 3. The van der Waals surface area contributed by atoms with Gasteiger partial charge in [-0.3, -0.25) is 9.59 Å². The molecule has 4 aliphatic rings. The molecule has 0 atom stereocenters. The molecule has 2 amide bonds. The number of hydrogen-bond acceptors (Lipinski definition) is 10. The van der Waals surface area contributed by atoms with Crippen LogP contribution < -0.4 is 16.4 Å². The lowest BCUT2D eigenvalue weighted by atomic mass is 9.79. The van der Waals surface area contributed by atoms with Crippen LogP contribution in [-0.2, 0) is 136 Å². The van der Waals surface area contributed by atoms with E-state index in [2.05, 4.69) is 257 Å². The van der Waals surface area contributed by atoms with Gasteiger partial charge in [-0.05, 0) is 141 Å². The van der Waals surface area contributed by atoms with E-state index >= 15 is 0 Å². The second-order valence-corrected chi connectivity index (χ2v) is 33.7. The van der Waals surface area contributed by atoms with Crippen LogP contribution in [0.1, 0.15) is 232 Å². The Balaban J connectivity index is 0.000000254. The van der Waals surface area contributed by atoms with Crippen molar-refractivity contribution in [1.82, 2.24) is 10.6 Å². The molecule has 4 bridgehead atoms. The molecule has 7 aromatic carbocycles. The summed E-state index contributed by atoms with van der Waals surface area (Å²) in [6.07, 6.45) is 3.60. The Morgan fingerprint density at radius 1 is 0.340 bits per heavy atom. The largest absolute Gasteiger partial charge is 0.377 e. The fourth-order valence-corrected chi connectivity index (χ4v) is 11.0. The minimum absolute atomic E-state index is 0.0491. The van der Waals surface area contributed by atoms with Crippen molar-refractivity contribution in [2.75, 3.05) is 59.9 Å². The van der Waals surface area contributed by atoms with E-state index < -0.39 is 0 Å². The molecule has 12 nitrogen and oxygen atoms in total. The maximum atomic E-state index is 12.7. The summed E-state index contributed by atoms with van der Waals surface area (Å²) in [6.45, 7) is 50.3. The summed E-state index contributed by atoms with van der Waals surface area (Å²) in [6, 6.07) is 53.0. The zero-order valence-electron chi connectivity index (χ0n) is 66.8. The van der Waals surface area contributed by atoms with Crippen LogP contribution in [0.25, 0.3) is 0 Å². The number of ketones is 2. The average molecular weight is 1410 g/mol. The van der Waals surface area contributed by atoms with Gasteiger partial charge in [0, 0.05) is 45.8 Å². The number of ether oxygens (including phenoxy) is 6. The number of nitrogens with two attached hydrogens (primary N) is 1. The Labute approximate surface area is 621 Å². The van der Waals surface area contributed by atoms with Crippen LogP contribution in [0, 0.1) is 6.92 Å². The lowest BCUT2D eigenvalue weighted by molar-refractivity contribution is -0.119. The number of nitrogens with one attached hydrogen (secondary N) is 2. The summed E-state index contributed by atoms with van der Waals surface area (Å²) in [5.74, 6) is 0.556. The van der Waals surface area contributed by atoms with E-state index in [4.69, 9.17) is 34.2 Å². The molecule has 12 heteroatoms. The van der Waals surface area contributed by atoms with Crippen molar-refractivity contribution in [2.24, 2.45) is 5.73 Å². The molecule has 4 heterocycles. The maximum Gasteiger partial charge on any atom is 0.314 e. The highest BCUT2D eigenvalue weighted by molar-refractivity contribution is 5.82. The van der Waals surface area contributed by atoms with Crippen LogP contribution >= 0.6 is 0 Å². The Hall–Kier alpha value is -7.13. The molecular weight excluding hydrogens is 1280 g/mol. The van der Waals surface area contributed by atoms with Crippen LogP contribution in [0.4, 0.5) is 4.79 Å². The van der Waals surface area contributed by atoms with Crippen LogP contribution in [0.3, 0.4) is 0 Å². The molecule has 103 heavy (non-hydrogen) atoms. The number of urea groups is 1. The van der Waals surface area contributed by atoms with Gasteiger partial charge in [0.25, 0.3) is 0 Å². The summed E-state index contributed by atoms with van der Waals surface area (Å²) in [4.78, 5) is 36.6. The average Bonchev–Trinajstić information content (AvgIpc) is 0.816. The molecule has 11 rings (SSSR count). The molecule has 0 unspecified atom stereocenters. The predicted molar refractivity (Wildman–Crippen MR) is 426 cm³/mol. The predicted octanol–water partition coefficient (Wildman–Crippen LogP) is 19.0. The van der Waals surface area contributed by atoms with Crippen molar-refractivity contribution >= 4 is 17.6 Å². The van der Waals surface area contributed by atoms with Gasteiger partial charge in [0.1, 0.15) is 11.6 Å². The van der Waals surface area contributed by atoms with E-state index in [1.54, 1.807) is 7.05 Å². The first-order valence-corrected chi connectivity index (χ1v) is 37.3. The highest BCUT2D eigenvalue weighted by Crippen LogP contribution is 2.34. The van der Waals surface area contributed by atoms with Crippen LogP contribution in [-0.4, -0.2) is 77.5 Å². The quantitative estimate of drug-likeness (QED) is 0.102. The van der Waals surface area contributed by atoms with E-state index in [1.165, 1.54) is 44.5 Å². The lowest BCUT2D eigenvalue weighted by Crippen LogP contribution is -2.32. The monoisotopic (exact) mass is 1410 g/mol. The van der Waals surface area contributed by atoms with Gasteiger partial charge in [0.15, 0.2) is 0 Å². The number of hydrogen-bond donors (Lipinski definition) is 3. The Morgan fingerprint density at radius 2 is 0.592 bits per heavy atom. The van der Waals surface area contributed by atoms with E-state index in [0.29, 0.717) is 124 Å². The molecule has 0 aromatic heterocycles. The second kappa shape index (κ2) is 41.5. The lowest BCUT2D eigenvalue weighted by Gasteiger charge is -2.26. The van der Waals surface area contributed by atoms with Gasteiger partial charge in [-0.1, -0.05) is 282 Å². The standard InChI is InChI=1S/C27H38N2O2.C25H35NO.C24H32O6.C15H24/c1-26(2,3)22-14-21(15-23(17-22)27(4,5)6)16-24(30)13-12-19-8-10-20(11-9-19)18-29-25(31)28-7;1-24(2,3)21-13-20(14-22(16-21)25(4,5)6)15-23(27)12-11-18-7-9-19(17-26)10-8-18;1-2-22-4-3-21(1)17-27-13-9-25-11-15-29-19-23-5-7-24(8-6-23)20-30-16-12-26-10-14-28-18-22;1-11-8-12(14(2,3)4)10-13(9-11)15(5,6)7/h8-11,14-15,17H,12-13,16,18H2,1-7H3,(H2,28,29,31);7-10,13-14,16H,11-12,15,17,26H2,1-6H3;1-8H,9-20H2;8-10H,1-7H3. The molecule has 0 saturated heterocycles. The van der Waals surface area contributed by atoms with Crippen molar-refractivity contribution in [2.45, 2.75) is 242 Å². The summed E-state index contributed by atoms with van der Waals surface area (Å²) in [5.41, 5.74) is 27.1. The minimum Gasteiger partial charge on any atom is -0.377 e. The number of aryl methyl sites for hydroxylation is 3. The molecule has 0 fully saturated rings. The highest BCUT2D eigenvalue weighted by atomic mass is 16.5. The van der Waals surface area contributed by atoms with Crippen LogP contribution in [0.15, 0.2) is 152 Å². The fourth-order valence-electron chi connectivity index (χ4n) is 11.0. The molecule has 4 N–H and O–H groups in total. The van der Waals surface area contributed by atoms with Gasteiger partial charge >= 0.3 is 6.03 Å². The molecule has 0 saturated carbocycles. The smallest absolute Gasteiger partial charge is 0.314 e. The fraction of sp³-hybridized carbons (Fsp3) is 0.505. The Kier molecular flexibility index (Phi) is 34.9. The van der Waals surface area contributed by atoms with Crippen molar-refractivity contribution < 1.29 is 42.8 Å². The van der Waals surface area contributed by atoms with Crippen molar-refractivity contribution in [3.8, 4) is 0 Å². The van der Waals surface area contributed by atoms with E-state index in [-0.39, 0.29) is 44.3 Å². The molecule has 7 aromatic rings. The maximum absolute atomic E-state index is 12.7. The number of Topliss-reactive ketones (excluding diaryl/α,β-unsaturated/α-hetero) is 2. The van der Waals surface area contributed by atoms with Gasteiger partial charge in [-0.25, -0.2) is 4.79 Å². The molecular formula is C91H129N3O9. The third-order valence-corrected chi connectivity index (χ3v) is 18.0. The summed E-state index contributed by atoms with van der Waals surface area (Å²) in [5, 5.41) is 5.31. The molecule has 0 aliphatic carbocycles. The number of amides is 2. The highest BCUT2D eigenvalue weighted by Gasteiger charge is 2.24. The van der Waals surface area contributed by atoms with Gasteiger partial charge in [-0.2, -0.15) is 0 Å². The molecule has 4 aliphatic heterocycles. The van der Waals surface area contributed by atoms with E-state index in [0.717, 1.165) is 62.9 Å².